The van der Waals surface area contributed by atoms with Crippen molar-refractivity contribution >= 4 is 23.6 Å². The standard InChI is InChI=1S/C10H7ClF2O2/c1-5-7(11)4-6(2-3-8(14)15)10(13)9(5)12/h2-4H,1H3,(H,14,15). The lowest BCUT2D eigenvalue weighted by Gasteiger charge is -2.04. The largest absolute Gasteiger partial charge is 0.478 e. The van der Waals surface area contributed by atoms with Gasteiger partial charge in [-0.25, -0.2) is 13.6 Å². The minimum atomic E-state index is -1.24. The molecule has 0 aliphatic heterocycles. The first-order valence-electron chi connectivity index (χ1n) is 3.98. The molecule has 0 aliphatic carbocycles. The number of aliphatic carboxylic acids is 1. The van der Waals surface area contributed by atoms with Gasteiger partial charge in [0.05, 0.1) is 0 Å². The summed E-state index contributed by atoms with van der Waals surface area (Å²) in [7, 11) is 0. The second-order valence-electron chi connectivity index (χ2n) is 2.87. The molecule has 0 aromatic heterocycles. The normalized spacial score (nSPS) is 10.9. The minimum Gasteiger partial charge on any atom is -0.478 e. The Hall–Kier alpha value is -1.42. The van der Waals surface area contributed by atoms with Crippen LogP contribution < -0.4 is 0 Å². The molecule has 0 fully saturated rings. The number of hydrogen-bond donors (Lipinski definition) is 1. The second-order valence-corrected chi connectivity index (χ2v) is 3.28. The second kappa shape index (κ2) is 4.40. The topological polar surface area (TPSA) is 37.3 Å². The maximum Gasteiger partial charge on any atom is 0.328 e. The molecule has 0 bridgehead atoms. The maximum absolute atomic E-state index is 13.2. The lowest BCUT2D eigenvalue weighted by molar-refractivity contribution is -0.131. The first kappa shape index (κ1) is 11.7. The van der Waals surface area contributed by atoms with Gasteiger partial charge in [0.15, 0.2) is 11.6 Å². The molecule has 5 heteroatoms. The molecule has 0 saturated heterocycles. The highest BCUT2D eigenvalue weighted by atomic mass is 35.5. The third-order valence-electron chi connectivity index (χ3n) is 1.82. The highest BCUT2D eigenvalue weighted by Crippen LogP contribution is 2.24. The van der Waals surface area contributed by atoms with Gasteiger partial charge in [-0.1, -0.05) is 11.6 Å². The monoisotopic (exact) mass is 232 g/mol. The predicted octanol–water partition coefficient (Wildman–Crippen LogP) is 3.02. The third-order valence-corrected chi connectivity index (χ3v) is 2.21. The van der Waals surface area contributed by atoms with E-state index in [9.17, 15) is 13.6 Å². The van der Waals surface area contributed by atoms with Crippen LogP contribution in [0.2, 0.25) is 5.02 Å². The summed E-state index contributed by atoms with van der Waals surface area (Å²) in [6.45, 7) is 1.34. The van der Waals surface area contributed by atoms with E-state index in [4.69, 9.17) is 16.7 Å². The molecule has 1 aromatic rings. The van der Waals surface area contributed by atoms with Crippen molar-refractivity contribution in [1.82, 2.24) is 0 Å². The molecule has 0 heterocycles. The number of carboxylic acid groups (broad SMARTS) is 1. The van der Waals surface area contributed by atoms with Crippen LogP contribution in [0.4, 0.5) is 8.78 Å². The molecule has 0 radical (unpaired) electrons. The first-order valence-corrected chi connectivity index (χ1v) is 4.36. The SMILES string of the molecule is Cc1c(Cl)cc(C=CC(=O)O)c(F)c1F. The van der Waals surface area contributed by atoms with E-state index in [1.165, 1.54) is 13.0 Å². The summed E-state index contributed by atoms with van der Waals surface area (Å²) in [6.07, 6.45) is 1.66. The Morgan fingerprint density at radius 2 is 2.07 bits per heavy atom. The molecule has 0 spiro atoms. The average molecular weight is 233 g/mol. The van der Waals surface area contributed by atoms with E-state index >= 15 is 0 Å². The van der Waals surface area contributed by atoms with Crippen molar-refractivity contribution < 1.29 is 18.7 Å². The molecule has 80 valence electrons. The van der Waals surface area contributed by atoms with Gasteiger partial charge < -0.3 is 5.11 Å². The van der Waals surface area contributed by atoms with Crippen LogP contribution >= 0.6 is 11.6 Å². The van der Waals surface area contributed by atoms with Gasteiger partial charge in [-0.15, -0.1) is 0 Å². The van der Waals surface area contributed by atoms with Gasteiger partial charge in [0, 0.05) is 22.2 Å². The Bertz CT molecular complexity index is 442. The summed E-state index contributed by atoms with van der Waals surface area (Å²) < 4.78 is 26.4. The van der Waals surface area contributed by atoms with Gasteiger partial charge in [0.2, 0.25) is 0 Å². The Balaban J connectivity index is 3.26. The van der Waals surface area contributed by atoms with Crippen LogP contribution in [0, 0.1) is 18.6 Å². The maximum atomic E-state index is 13.2. The van der Waals surface area contributed by atoms with Crippen molar-refractivity contribution in [3.8, 4) is 0 Å². The van der Waals surface area contributed by atoms with Gasteiger partial charge in [-0.05, 0) is 19.1 Å². The van der Waals surface area contributed by atoms with Crippen LogP contribution in [0.5, 0.6) is 0 Å². The number of halogens is 3. The van der Waals surface area contributed by atoms with E-state index < -0.39 is 17.6 Å². The highest BCUT2D eigenvalue weighted by Gasteiger charge is 2.12. The molecule has 0 saturated carbocycles. The van der Waals surface area contributed by atoms with Crippen LogP contribution in [0.15, 0.2) is 12.1 Å². The molecule has 1 aromatic carbocycles. The smallest absolute Gasteiger partial charge is 0.328 e. The molecule has 15 heavy (non-hydrogen) atoms. The van der Waals surface area contributed by atoms with Crippen LogP contribution in [-0.4, -0.2) is 11.1 Å². The number of rotatable bonds is 2. The summed E-state index contributed by atoms with van der Waals surface area (Å²) in [5, 5.41) is 8.38. The van der Waals surface area contributed by atoms with Gasteiger partial charge in [0.25, 0.3) is 0 Å². The summed E-state index contributed by atoms with van der Waals surface area (Å²) in [6, 6.07) is 1.18. The Kier molecular flexibility index (Phi) is 3.42. The average Bonchev–Trinajstić information content (AvgIpc) is 2.18. The van der Waals surface area contributed by atoms with Crippen molar-refractivity contribution in [2.24, 2.45) is 0 Å². The van der Waals surface area contributed by atoms with E-state index in [1.807, 2.05) is 0 Å². The van der Waals surface area contributed by atoms with Crippen molar-refractivity contribution in [3.63, 3.8) is 0 Å². The van der Waals surface area contributed by atoms with Crippen molar-refractivity contribution in [1.29, 1.82) is 0 Å². The Morgan fingerprint density at radius 3 is 2.60 bits per heavy atom. The fourth-order valence-electron chi connectivity index (χ4n) is 0.987. The van der Waals surface area contributed by atoms with Gasteiger partial charge in [0.1, 0.15) is 0 Å². The van der Waals surface area contributed by atoms with E-state index in [0.717, 1.165) is 6.08 Å². The van der Waals surface area contributed by atoms with Crippen LogP contribution in [0.1, 0.15) is 11.1 Å². The van der Waals surface area contributed by atoms with Gasteiger partial charge >= 0.3 is 5.97 Å². The zero-order valence-corrected chi connectivity index (χ0v) is 8.48. The Labute approximate surface area is 89.8 Å². The fraction of sp³-hybridized carbons (Fsp3) is 0.100. The van der Waals surface area contributed by atoms with Crippen molar-refractivity contribution in [3.05, 3.63) is 39.9 Å². The summed E-state index contributed by atoms with van der Waals surface area (Å²) in [4.78, 5) is 10.2. The van der Waals surface area contributed by atoms with Crippen LogP contribution in [-0.2, 0) is 4.79 Å². The molecule has 1 rings (SSSR count). The molecule has 0 atom stereocenters. The van der Waals surface area contributed by atoms with Gasteiger partial charge in [-0.2, -0.15) is 0 Å². The molecule has 1 N–H and O–H groups in total. The molecule has 0 unspecified atom stereocenters. The molecule has 0 aliphatic rings. The van der Waals surface area contributed by atoms with Gasteiger partial charge in [-0.3, -0.25) is 0 Å². The number of carbonyl (C=O) groups is 1. The lowest BCUT2D eigenvalue weighted by atomic mass is 10.1. The minimum absolute atomic E-state index is 0.00152. The number of hydrogen-bond acceptors (Lipinski definition) is 1. The highest BCUT2D eigenvalue weighted by molar-refractivity contribution is 6.31. The molecule has 0 amide bonds. The van der Waals surface area contributed by atoms with E-state index in [0.29, 0.717) is 6.08 Å². The Morgan fingerprint density at radius 1 is 1.47 bits per heavy atom. The van der Waals surface area contributed by atoms with E-state index in [1.54, 1.807) is 0 Å². The zero-order valence-electron chi connectivity index (χ0n) is 7.72. The van der Waals surface area contributed by atoms with E-state index in [-0.39, 0.29) is 16.1 Å². The summed E-state index contributed by atoms with van der Waals surface area (Å²) in [5.74, 6) is -3.41. The van der Waals surface area contributed by atoms with Crippen molar-refractivity contribution in [2.75, 3.05) is 0 Å². The molecule has 2 nitrogen and oxygen atoms in total. The lowest BCUT2D eigenvalue weighted by Crippen LogP contribution is -1.95. The predicted molar refractivity (Wildman–Crippen MR) is 52.8 cm³/mol. The van der Waals surface area contributed by atoms with Crippen molar-refractivity contribution in [2.45, 2.75) is 6.92 Å². The fourth-order valence-corrected chi connectivity index (χ4v) is 1.19. The quantitative estimate of drug-likeness (QED) is 0.629. The number of benzene rings is 1. The van der Waals surface area contributed by atoms with Crippen LogP contribution in [0.3, 0.4) is 0 Å². The number of carboxylic acids is 1. The molecular weight excluding hydrogens is 226 g/mol. The first-order chi connectivity index (χ1) is 6.93. The summed E-state index contributed by atoms with van der Waals surface area (Å²) in [5.41, 5.74) is -0.188. The zero-order chi connectivity index (χ0) is 11.6. The van der Waals surface area contributed by atoms with E-state index in [2.05, 4.69) is 0 Å². The molecular formula is C10H7ClF2O2. The third kappa shape index (κ3) is 2.53. The van der Waals surface area contributed by atoms with Crippen LogP contribution in [0.25, 0.3) is 6.08 Å². The summed E-state index contributed by atoms with van der Waals surface area (Å²) >= 11 is 5.62.